The van der Waals surface area contributed by atoms with Crippen LogP contribution in [0.5, 0.6) is 0 Å². The van der Waals surface area contributed by atoms with Crippen LogP contribution in [-0.2, 0) is 6.54 Å². The van der Waals surface area contributed by atoms with Crippen LogP contribution in [0.2, 0.25) is 0 Å². The average Bonchev–Trinajstić information content (AvgIpc) is 3.44. The first-order valence-corrected chi connectivity index (χ1v) is 14.8. The van der Waals surface area contributed by atoms with Crippen molar-refractivity contribution in [2.75, 3.05) is 11.9 Å². The molecule has 7 heteroatoms. The minimum absolute atomic E-state index is 0.554. The van der Waals surface area contributed by atoms with Gasteiger partial charge < -0.3 is 15.2 Å². The van der Waals surface area contributed by atoms with Crippen LogP contribution in [0.15, 0.2) is 145 Å². The Morgan fingerprint density at radius 2 is 1.40 bits per heavy atom. The van der Waals surface area contributed by atoms with E-state index in [0.29, 0.717) is 12.4 Å². The standard InChI is InChI=1S/C38H31N7/c1-44(31-25-41-38(42-26-31)29-17-9-4-10-18-29)34-21-35-37(43-36(34)28-15-7-3-8-16-28)32-19-11-12-20-33(32)45(35)30(22-39)24-40-23-27-13-5-2-6-14-27/h2-22,24-26H,23,39H2,1H3/b30-22+,40-24?. The van der Waals surface area contributed by atoms with Gasteiger partial charge in [-0.1, -0.05) is 109 Å². The summed E-state index contributed by atoms with van der Waals surface area (Å²) in [4.78, 5) is 21.5. The molecule has 2 N–H and O–H groups in total. The summed E-state index contributed by atoms with van der Waals surface area (Å²) < 4.78 is 2.13. The van der Waals surface area contributed by atoms with Gasteiger partial charge in [-0.05, 0) is 17.7 Å². The molecule has 7 nitrogen and oxygen atoms in total. The van der Waals surface area contributed by atoms with Gasteiger partial charge in [-0.3, -0.25) is 4.99 Å². The smallest absolute Gasteiger partial charge is 0.159 e. The number of para-hydroxylation sites is 1. The lowest BCUT2D eigenvalue weighted by atomic mass is 10.1. The number of aromatic nitrogens is 4. The van der Waals surface area contributed by atoms with Gasteiger partial charge in [0.05, 0.1) is 58.3 Å². The number of allylic oxidation sites excluding steroid dienone is 1. The van der Waals surface area contributed by atoms with Crippen molar-refractivity contribution < 1.29 is 0 Å². The van der Waals surface area contributed by atoms with Crippen LogP contribution in [0.1, 0.15) is 5.56 Å². The summed E-state index contributed by atoms with van der Waals surface area (Å²) >= 11 is 0. The Bertz CT molecular complexity index is 2130. The van der Waals surface area contributed by atoms with E-state index in [4.69, 9.17) is 25.7 Å². The first-order valence-electron chi connectivity index (χ1n) is 14.8. The monoisotopic (exact) mass is 585 g/mol. The summed E-state index contributed by atoms with van der Waals surface area (Å²) in [6.45, 7) is 0.554. The molecule has 4 aromatic carbocycles. The Morgan fingerprint density at radius 1 is 0.778 bits per heavy atom. The molecule has 0 aliphatic rings. The van der Waals surface area contributed by atoms with E-state index in [1.807, 2.05) is 105 Å². The van der Waals surface area contributed by atoms with E-state index in [9.17, 15) is 0 Å². The van der Waals surface area contributed by atoms with Crippen molar-refractivity contribution in [1.29, 1.82) is 0 Å². The summed E-state index contributed by atoms with van der Waals surface area (Å²) in [6.07, 6.45) is 7.14. The number of nitrogens with zero attached hydrogens (tertiary/aromatic N) is 6. The molecule has 0 aliphatic heterocycles. The third kappa shape index (κ3) is 5.43. The number of pyridine rings is 1. The number of aliphatic imine (C=N–C) groups is 1. The zero-order chi connectivity index (χ0) is 30.6. The van der Waals surface area contributed by atoms with Gasteiger partial charge in [-0.25, -0.2) is 15.0 Å². The molecular weight excluding hydrogens is 554 g/mol. The maximum absolute atomic E-state index is 6.28. The van der Waals surface area contributed by atoms with Crippen molar-refractivity contribution in [3.63, 3.8) is 0 Å². The third-order valence-electron chi connectivity index (χ3n) is 7.86. The highest BCUT2D eigenvalue weighted by Crippen LogP contribution is 2.39. The molecule has 0 amide bonds. The predicted octanol–water partition coefficient (Wildman–Crippen LogP) is 8.11. The topological polar surface area (TPSA) is 85.2 Å². The molecule has 45 heavy (non-hydrogen) atoms. The molecule has 0 saturated heterocycles. The Balaban J connectivity index is 1.38. The number of hydrogen-bond acceptors (Lipinski definition) is 6. The molecule has 0 atom stereocenters. The Morgan fingerprint density at radius 3 is 2.09 bits per heavy atom. The number of rotatable bonds is 8. The van der Waals surface area contributed by atoms with Crippen LogP contribution in [0.25, 0.3) is 50.3 Å². The van der Waals surface area contributed by atoms with Crippen molar-refractivity contribution in [3.05, 3.63) is 145 Å². The summed E-state index contributed by atoms with van der Waals surface area (Å²) in [5.74, 6) is 0.678. The minimum Gasteiger partial charge on any atom is -0.403 e. The van der Waals surface area contributed by atoms with Crippen LogP contribution in [0.3, 0.4) is 0 Å². The van der Waals surface area contributed by atoms with E-state index in [0.717, 1.165) is 61.4 Å². The first-order chi connectivity index (χ1) is 22.2. The number of anilines is 2. The van der Waals surface area contributed by atoms with Gasteiger partial charge in [0.15, 0.2) is 5.82 Å². The van der Waals surface area contributed by atoms with Gasteiger partial charge >= 0.3 is 0 Å². The molecule has 0 aliphatic carbocycles. The van der Waals surface area contributed by atoms with E-state index in [2.05, 4.69) is 51.9 Å². The van der Waals surface area contributed by atoms with Crippen molar-refractivity contribution in [2.24, 2.45) is 10.7 Å². The van der Waals surface area contributed by atoms with Crippen molar-refractivity contribution in [3.8, 4) is 22.6 Å². The van der Waals surface area contributed by atoms with Crippen LogP contribution in [0.4, 0.5) is 11.4 Å². The third-order valence-corrected chi connectivity index (χ3v) is 7.86. The number of benzene rings is 4. The fourth-order valence-electron chi connectivity index (χ4n) is 5.58. The fraction of sp³-hybridized carbons (Fsp3) is 0.0526. The van der Waals surface area contributed by atoms with Crippen molar-refractivity contribution in [1.82, 2.24) is 19.5 Å². The second kappa shape index (κ2) is 12.3. The molecule has 3 aromatic heterocycles. The molecule has 0 spiro atoms. The molecule has 7 aromatic rings. The Hall–Kier alpha value is -6.08. The second-order valence-corrected chi connectivity index (χ2v) is 10.7. The van der Waals surface area contributed by atoms with E-state index in [1.54, 1.807) is 6.20 Å². The van der Waals surface area contributed by atoms with Gasteiger partial charge in [-0.15, -0.1) is 0 Å². The van der Waals surface area contributed by atoms with Gasteiger partial charge in [0.2, 0.25) is 0 Å². The van der Waals surface area contributed by atoms with E-state index >= 15 is 0 Å². The summed E-state index contributed by atoms with van der Waals surface area (Å²) in [5.41, 5.74) is 15.6. The molecule has 0 fully saturated rings. The highest BCUT2D eigenvalue weighted by Gasteiger charge is 2.21. The van der Waals surface area contributed by atoms with Gasteiger partial charge in [0, 0.05) is 36.0 Å². The van der Waals surface area contributed by atoms with E-state index in [-0.39, 0.29) is 0 Å². The maximum atomic E-state index is 6.28. The highest BCUT2D eigenvalue weighted by molar-refractivity contribution is 6.15. The molecule has 0 radical (unpaired) electrons. The van der Waals surface area contributed by atoms with Crippen molar-refractivity contribution in [2.45, 2.75) is 6.54 Å². The zero-order valence-corrected chi connectivity index (χ0v) is 24.8. The fourth-order valence-corrected chi connectivity index (χ4v) is 5.58. The Kier molecular flexibility index (Phi) is 7.56. The summed E-state index contributed by atoms with van der Waals surface area (Å²) in [5, 5.41) is 1.03. The lowest BCUT2D eigenvalue weighted by molar-refractivity contribution is 1.07. The van der Waals surface area contributed by atoms with E-state index in [1.165, 1.54) is 0 Å². The molecule has 3 heterocycles. The summed E-state index contributed by atoms with van der Waals surface area (Å²) in [6, 6.07) is 40.8. The summed E-state index contributed by atoms with van der Waals surface area (Å²) in [7, 11) is 2.02. The molecule has 0 unspecified atom stereocenters. The lowest BCUT2D eigenvalue weighted by Gasteiger charge is -2.22. The maximum Gasteiger partial charge on any atom is 0.159 e. The molecule has 7 rings (SSSR count). The number of hydrogen-bond donors (Lipinski definition) is 1. The first kappa shape index (κ1) is 27.7. The molecule has 0 saturated carbocycles. The average molecular weight is 586 g/mol. The normalized spacial score (nSPS) is 11.9. The second-order valence-electron chi connectivity index (χ2n) is 10.7. The van der Waals surface area contributed by atoms with Gasteiger partial charge in [0.25, 0.3) is 0 Å². The largest absolute Gasteiger partial charge is 0.403 e. The van der Waals surface area contributed by atoms with Gasteiger partial charge in [-0.2, -0.15) is 0 Å². The van der Waals surface area contributed by atoms with Crippen LogP contribution in [0, 0.1) is 0 Å². The quantitative estimate of drug-likeness (QED) is 0.182. The minimum atomic E-state index is 0.554. The van der Waals surface area contributed by atoms with Crippen molar-refractivity contribution >= 4 is 45.2 Å². The predicted molar refractivity (Wildman–Crippen MR) is 185 cm³/mol. The van der Waals surface area contributed by atoms with Crippen LogP contribution < -0.4 is 10.6 Å². The SMILES string of the molecule is CN(c1cnc(-c2ccccc2)nc1)c1cc2c(nc1-c1ccccc1)c1ccccc1n2/C(C=NCc1ccccc1)=C/N. The molecular formula is C38H31N7. The van der Waals surface area contributed by atoms with Gasteiger partial charge in [0.1, 0.15) is 0 Å². The van der Waals surface area contributed by atoms with Crippen LogP contribution in [-0.4, -0.2) is 32.8 Å². The number of fused-ring (bicyclic) bond motifs is 3. The zero-order valence-electron chi connectivity index (χ0n) is 24.8. The Labute approximate surface area is 261 Å². The highest BCUT2D eigenvalue weighted by atomic mass is 15.1. The lowest BCUT2D eigenvalue weighted by Crippen LogP contribution is -2.13. The molecule has 0 bridgehead atoms. The molecule has 218 valence electrons. The van der Waals surface area contributed by atoms with Crippen LogP contribution >= 0.6 is 0 Å². The van der Waals surface area contributed by atoms with E-state index < -0.39 is 0 Å². The number of nitrogens with two attached hydrogens (primary N) is 1.